The van der Waals surface area contributed by atoms with Gasteiger partial charge in [-0.15, -0.1) is 13.2 Å². The van der Waals surface area contributed by atoms with E-state index in [0.717, 1.165) is 12.8 Å². The topological polar surface area (TPSA) is 0 Å². The molecule has 2 heteroatoms. The molecule has 0 bridgehead atoms. The predicted octanol–water partition coefficient (Wildman–Crippen LogP) is 7.87. The smallest absolute Gasteiger partial charge is 0.184 e. The van der Waals surface area contributed by atoms with Gasteiger partial charge in [-0.1, -0.05) is 116 Å². The molecule has 0 atom stereocenters. The van der Waals surface area contributed by atoms with Gasteiger partial charge in [-0.05, 0) is 23.8 Å². The van der Waals surface area contributed by atoms with Crippen LogP contribution in [0.25, 0.3) is 0 Å². The number of allylic oxidation sites excluding steroid dienone is 2. The van der Waals surface area contributed by atoms with Crippen LogP contribution in [0, 0.1) is 12.1 Å². The van der Waals surface area contributed by atoms with E-state index in [1.807, 2.05) is 48.6 Å². The fourth-order valence-corrected chi connectivity index (χ4v) is 5.93. The summed E-state index contributed by atoms with van der Waals surface area (Å²) in [6.07, 6.45) is 5.67. The Hall–Kier alpha value is -3.30. The Labute approximate surface area is 244 Å². The first-order valence-corrected chi connectivity index (χ1v) is 13.7. The Bertz CT molecular complexity index is 1130. The molecule has 0 aliphatic carbocycles. The van der Waals surface area contributed by atoms with Gasteiger partial charge in [0.1, 0.15) is 0 Å². The van der Waals surface area contributed by atoms with Gasteiger partial charge in [-0.3, -0.25) is 0 Å². The van der Waals surface area contributed by atoms with E-state index in [1.54, 1.807) is 0 Å². The van der Waals surface area contributed by atoms with Gasteiger partial charge >= 0.3 is 21.1 Å². The summed E-state index contributed by atoms with van der Waals surface area (Å²) in [4.78, 5) is 0. The summed E-state index contributed by atoms with van der Waals surface area (Å²) in [6.45, 7) is 7.28. The van der Waals surface area contributed by atoms with E-state index in [4.69, 9.17) is 0 Å². The van der Waals surface area contributed by atoms with E-state index in [0.29, 0.717) is 0 Å². The summed E-state index contributed by atoms with van der Waals surface area (Å²) < 4.78 is 0. The van der Waals surface area contributed by atoms with E-state index < -0.39 is 7.92 Å². The maximum atomic E-state index is 3.64. The van der Waals surface area contributed by atoms with Crippen LogP contribution in [0.4, 0.5) is 0 Å². The van der Waals surface area contributed by atoms with Crippen molar-refractivity contribution in [2.45, 2.75) is 12.8 Å². The summed E-state index contributed by atoms with van der Waals surface area (Å²) in [5.74, 6) is 0. The van der Waals surface area contributed by atoms with Crippen molar-refractivity contribution in [3.63, 3.8) is 0 Å². The number of hydrogen-bond donors (Lipinski definition) is 0. The summed E-state index contributed by atoms with van der Waals surface area (Å²) in [7, 11) is -0.446. The molecule has 5 aromatic rings. The van der Waals surface area contributed by atoms with Crippen LogP contribution in [-0.4, -0.2) is 0 Å². The Morgan fingerprint density at radius 3 is 1.11 bits per heavy atom. The van der Waals surface area contributed by atoms with Crippen LogP contribution in [0.5, 0.6) is 0 Å². The molecule has 0 amide bonds. The summed E-state index contributed by atoms with van der Waals surface area (Å²) >= 11 is 0. The van der Waals surface area contributed by atoms with Crippen molar-refractivity contribution >= 4 is 23.8 Å². The molecule has 38 heavy (non-hydrogen) atoms. The molecule has 0 aliphatic rings. The third-order valence-electron chi connectivity index (χ3n) is 5.35. The third-order valence-corrected chi connectivity index (χ3v) is 7.79. The van der Waals surface area contributed by atoms with Crippen molar-refractivity contribution in [1.82, 2.24) is 0 Å². The molecule has 0 saturated heterocycles. The Kier molecular flexibility index (Phi) is 15.4. The van der Waals surface area contributed by atoms with Gasteiger partial charge in [-0.2, -0.15) is 71.8 Å². The standard InChI is InChI=1S/C18H15P.2C9H9.Pt/c1-4-10-16(11-5-1)19(17-12-6-2-7-13-17)18-14-8-3-9-15-18;2*1-2-6-9-7-4-3-5-8-9;/h1-15H;2*2-4,7-8H,1,6H2;/q;2*-1;+2. The zero-order valence-electron chi connectivity index (χ0n) is 21.5. The molecule has 0 nitrogen and oxygen atoms in total. The number of rotatable bonds is 7. The zero-order chi connectivity index (χ0) is 26.0. The van der Waals surface area contributed by atoms with Gasteiger partial charge in [0.15, 0.2) is 0 Å². The first kappa shape index (κ1) is 30.9. The summed E-state index contributed by atoms with van der Waals surface area (Å²) in [6, 6.07) is 54.2. The van der Waals surface area contributed by atoms with Crippen LogP contribution >= 0.6 is 7.92 Å². The summed E-state index contributed by atoms with van der Waals surface area (Å²) in [5.41, 5.74) is 2.54. The first-order valence-electron chi connectivity index (χ1n) is 12.4. The van der Waals surface area contributed by atoms with Gasteiger partial charge in [0, 0.05) is 0 Å². The molecule has 0 heterocycles. The third kappa shape index (κ3) is 11.0. The predicted molar refractivity (Wildman–Crippen MR) is 164 cm³/mol. The molecule has 0 spiro atoms. The molecule has 0 saturated carbocycles. The maximum Gasteiger partial charge on any atom is 2.00 e. The van der Waals surface area contributed by atoms with E-state index in [9.17, 15) is 0 Å². The van der Waals surface area contributed by atoms with Crippen molar-refractivity contribution in [3.05, 3.63) is 188 Å². The molecule has 5 rings (SSSR count). The van der Waals surface area contributed by atoms with Gasteiger partial charge in [0.2, 0.25) is 0 Å². The van der Waals surface area contributed by atoms with Gasteiger partial charge in [0.25, 0.3) is 0 Å². The minimum Gasteiger partial charge on any atom is -0.184 e. The molecule has 0 aliphatic heterocycles. The molecule has 0 radical (unpaired) electrons. The molecular formula is C36H33PPt. The van der Waals surface area contributed by atoms with Crippen LogP contribution < -0.4 is 15.9 Å². The average Bonchev–Trinajstić information content (AvgIpc) is 2.97. The van der Waals surface area contributed by atoms with Crippen molar-refractivity contribution < 1.29 is 21.1 Å². The van der Waals surface area contributed by atoms with Crippen LogP contribution in [-0.2, 0) is 33.9 Å². The minimum atomic E-state index is -0.446. The largest absolute Gasteiger partial charge is 2.00 e. The summed E-state index contributed by atoms with van der Waals surface area (Å²) in [5, 5.41) is 4.19. The van der Waals surface area contributed by atoms with Crippen molar-refractivity contribution in [3.8, 4) is 0 Å². The van der Waals surface area contributed by atoms with E-state index in [1.165, 1.54) is 27.0 Å². The van der Waals surface area contributed by atoms with Crippen molar-refractivity contribution in [2.75, 3.05) is 0 Å². The molecule has 0 fully saturated rings. The fraction of sp³-hybridized carbons (Fsp3) is 0.0556. The molecule has 0 unspecified atom stereocenters. The van der Waals surface area contributed by atoms with Gasteiger partial charge in [0.05, 0.1) is 0 Å². The molecule has 0 N–H and O–H groups in total. The maximum absolute atomic E-state index is 3.64. The number of benzene rings is 5. The molecule has 5 aromatic carbocycles. The fourth-order valence-electron chi connectivity index (χ4n) is 3.63. The van der Waals surface area contributed by atoms with Gasteiger partial charge < -0.3 is 0 Å². The zero-order valence-corrected chi connectivity index (χ0v) is 24.7. The molecule has 0 aromatic heterocycles. The number of hydrogen-bond acceptors (Lipinski definition) is 0. The van der Waals surface area contributed by atoms with Crippen LogP contribution in [0.15, 0.2) is 165 Å². The SMILES string of the molecule is C=CCc1c[c-]ccc1.C=CCc1c[c-]ccc1.[Pt+2].c1ccc(P(c2ccccc2)c2ccccc2)cc1. The molecule has 192 valence electrons. The normalized spacial score (nSPS) is 9.50. The minimum absolute atomic E-state index is 0. The van der Waals surface area contributed by atoms with Crippen LogP contribution in [0.2, 0.25) is 0 Å². The Balaban J connectivity index is 0.000000224. The second kappa shape index (κ2) is 18.9. The van der Waals surface area contributed by atoms with Crippen molar-refractivity contribution in [1.29, 1.82) is 0 Å². The van der Waals surface area contributed by atoms with E-state index in [2.05, 4.69) is 128 Å². The van der Waals surface area contributed by atoms with Gasteiger partial charge in [-0.25, -0.2) is 0 Å². The Morgan fingerprint density at radius 2 is 0.842 bits per heavy atom. The van der Waals surface area contributed by atoms with Crippen molar-refractivity contribution in [2.24, 2.45) is 0 Å². The quantitative estimate of drug-likeness (QED) is 0.0927. The van der Waals surface area contributed by atoms with Crippen LogP contribution in [0.1, 0.15) is 11.1 Å². The first-order chi connectivity index (χ1) is 18.3. The van der Waals surface area contributed by atoms with Crippen LogP contribution in [0.3, 0.4) is 0 Å². The molecular weight excluding hydrogens is 658 g/mol. The second-order valence-corrected chi connectivity index (χ2v) is 10.4. The van der Waals surface area contributed by atoms with E-state index >= 15 is 0 Å². The van der Waals surface area contributed by atoms with E-state index in [-0.39, 0.29) is 21.1 Å². The average molecular weight is 692 g/mol. The second-order valence-electron chi connectivity index (χ2n) is 8.15. The Morgan fingerprint density at radius 1 is 0.500 bits per heavy atom. The monoisotopic (exact) mass is 691 g/mol.